The lowest BCUT2D eigenvalue weighted by molar-refractivity contribution is -0.142. The molecule has 2 rings (SSSR count). The summed E-state index contributed by atoms with van der Waals surface area (Å²) in [6, 6.07) is 17.8. The molecular formula is C23H26N2O6. The Bertz CT molecular complexity index is 885. The van der Waals surface area contributed by atoms with Gasteiger partial charge in [-0.2, -0.15) is 0 Å². The second-order valence-corrected chi connectivity index (χ2v) is 6.73. The van der Waals surface area contributed by atoms with Crippen LogP contribution in [0.3, 0.4) is 0 Å². The maximum atomic E-state index is 12.8. The third-order valence-corrected chi connectivity index (χ3v) is 4.61. The number of rotatable bonds is 11. The fourth-order valence-electron chi connectivity index (χ4n) is 3.01. The Morgan fingerprint density at radius 3 is 1.52 bits per heavy atom. The van der Waals surface area contributed by atoms with Gasteiger partial charge in [0.05, 0.1) is 20.0 Å². The highest BCUT2D eigenvalue weighted by molar-refractivity contribution is 5.97. The number of nitrogens with zero attached hydrogens (tertiary/aromatic N) is 2. The summed E-state index contributed by atoms with van der Waals surface area (Å²) in [6.07, 6.45) is -0.493. The van der Waals surface area contributed by atoms with Gasteiger partial charge in [-0.1, -0.05) is 36.4 Å². The number of hydrogen-bond acceptors (Lipinski definition) is 5. The molecule has 2 aromatic carbocycles. The number of aliphatic carboxylic acids is 1. The van der Waals surface area contributed by atoms with Crippen LogP contribution in [0.4, 0.5) is 11.4 Å². The number of ether oxygens (including phenoxy) is 1. The molecule has 0 aliphatic carbocycles. The number of esters is 1. The van der Waals surface area contributed by atoms with Crippen LogP contribution in [0, 0.1) is 0 Å². The van der Waals surface area contributed by atoms with E-state index in [1.165, 1.54) is 16.9 Å². The molecule has 0 aliphatic rings. The quantitative estimate of drug-likeness (QED) is 0.554. The standard InChI is InChI=1S/C23H26N2O6/c1-31-23(30)15-13-21(27)25(19-10-6-3-7-11-19)17-16-24(18-8-4-2-5-9-18)20(26)12-14-22(28)29/h2-11H,12-17H2,1H3,(H,28,29). The summed E-state index contributed by atoms with van der Waals surface area (Å²) in [6.45, 7) is 0.346. The smallest absolute Gasteiger partial charge is 0.306 e. The van der Waals surface area contributed by atoms with Gasteiger partial charge in [0.1, 0.15) is 0 Å². The summed E-state index contributed by atoms with van der Waals surface area (Å²) in [5.41, 5.74) is 1.26. The van der Waals surface area contributed by atoms with Crippen molar-refractivity contribution in [2.24, 2.45) is 0 Å². The molecule has 0 fully saturated rings. The molecule has 0 spiro atoms. The molecule has 0 heterocycles. The molecule has 31 heavy (non-hydrogen) atoms. The van der Waals surface area contributed by atoms with Gasteiger partial charge < -0.3 is 19.6 Å². The number of anilines is 2. The first-order valence-electron chi connectivity index (χ1n) is 9.91. The van der Waals surface area contributed by atoms with Crippen LogP contribution < -0.4 is 9.80 Å². The van der Waals surface area contributed by atoms with Crippen LogP contribution in [-0.4, -0.2) is 49.1 Å². The number of para-hydroxylation sites is 2. The van der Waals surface area contributed by atoms with Crippen molar-refractivity contribution < 1.29 is 29.0 Å². The Morgan fingerprint density at radius 1 is 0.710 bits per heavy atom. The lowest BCUT2D eigenvalue weighted by Gasteiger charge is -2.28. The lowest BCUT2D eigenvalue weighted by atomic mass is 10.2. The van der Waals surface area contributed by atoms with E-state index in [0.29, 0.717) is 11.4 Å². The van der Waals surface area contributed by atoms with Gasteiger partial charge in [0, 0.05) is 37.3 Å². The van der Waals surface area contributed by atoms with E-state index >= 15 is 0 Å². The Morgan fingerprint density at radius 2 is 1.13 bits per heavy atom. The van der Waals surface area contributed by atoms with Gasteiger partial charge in [-0.25, -0.2) is 0 Å². The SMILES string of the molecule is COC(=O)CCC(=O)N(CCN(C(=O)CCC(=O)O)c1ccccc1)c1ccccc1. The Kier molecular flexibility index (Phi) is 9.22. The van der Waals surface area contributed by atoms with E-state index in [-0.39, 0.29) is 50.6 Å². The van der Waals surface area contributed by atoms with Gasteiger partial charge in [-0.05, 0) is 24.3 Å². The van der Waals surface area contributed by atoms with Crippen LogP contribution in [0.2, 0.25) is 0 Å². The van der Waals surface area contributed by atoms with E-state index in [0.717, 1.165) is 0 Å². The summed E-state index contributed by atoms with van der Waals surface area (Å²) in [5.74, 6) is -2.15. The summed E-state index contributed by atoms with van der Waals surface area (Å²) < 4.78 is 4.61. The summed E-state index contributed by atoms with van der Waals surface area (Å²) in [7, 11) is 1.27. The molecule has 0 bridgehead atoms. The maximum Gasteiger partial charge on any atom is 0.306 e. The molecule has 0 aliphatic heterocycles. The molecule has 8 heteroatoms. The zero-order valence-electron chi connectivity index (χ0n) is 17.4. The zero-order valence-corrected chi connectivity index (χ0v) is 17.4. The minimum Gasteiger partial charge on any atom is -0.481 e. The topological polar surface area (TPSA) is 104 Å². The summed E-state index contributed by atoms with van der Waals surface area (Å²) in [4.78, 5) is 50.9. The van der Waals surface area contributed by atoms with Crippen molar-refractivity contribution in [3.05, 3.63) is 60.7 Å². The van der Waals surface area contributed by atoms with Crippen molar-refractivity contribution in [1.29, 1.82) is 0 Å². The van der Waals surface area contributed by atoms with E-state index in [4.69, 9.17) is 5.11 Å². The van der Waals surface area contributed by atoms with Crippen molar-refractivity contribution in [2.45, 2.75) is 25.7 Å². The van der Waals surface area contributed by atoms with Gasteiger partial charge >= 0.3 is 11.9 Å². The molecule has 0 aromatic heterocycles. The molecule has 2 aromatic rings. The number of carboxylic acids is 1. The van der Waals surface area contributed by atoms with Gasteiger partial charge in [0.25, 0.3) is 0 Å². The normalized spacial score (nSPS) is 10.2. The molecular weight excluding hydrogens is 400 g/mol. The fraction of sp³-hybridized carbons (Fsp3) is 0.304. The number of benzene rings is 2. The van der Waals surface area contributed by atoms with Gasteiger partial charge in [0.15, 0.2) is 0 Å². The van der Waals surface area contributed by atoms with Gasteiger partial charge in [0.2, 0.25) is 11.8 Å². The van der Waals surface area contributed by atoms with Crippen molar-refractivity contribution in [3.8, 4) is 0 Å². The Labute approximate surface area is 181 Å². The van der Waals surface area contributed by atoms with Crippen LogP contribution in [0.5, 0.6) is 0 Å². The number of carbonyl (C=O) groups is 4. The maximum absolute atomic E-state index is 12.8. The fourth-order valence-corrected chi connectivity index (χ4v) is 3.01. The number of methoxy groups -OCH3 is 1. The van der Waals surface area contributed by atoms with Crippen LogP contribution in [0.1, 0.15) is 25.7 Å². The molecule has 164 valence electrons. The molecule has 0 saturated heterocycles. The Balaban J connectivity index is 2.19. The summed E-state index contributed by atoms with van der Waals surface area (Å²) >= 11 is 0. The van der Waals surface area contributed by atoms with E-state index < -0.39 is 11.9 Å². The number of carbonyl (C=O) groups excluding carboxylic acids is 3. The van der Waals surface area contributed by atoms with Crippen molar-refractivity contribution >= 4 is 35.1 Å². The molecule has 0 saturated carbocycles. The number of amides is 2. The first kappa shape index (κ1) is 23.6. The molecule has 0 unspecified atom stereocenters. The van der Waals surface area contributed by atoms with E-state index in [1.807, 2.05) is 12.1 Å². The van der Waals surface area contributed by atoms with Gasteiger partial charge in [-0.15, -0.1) is 0 Å². The van der Waals surface area contributed by atoms with E-state index in [2.05, 4.69) is 4.74 Å². The monoisotopic (exact) mass is 426 g/mol. The molecule has 2 amide bonds. The first-order chi connectivity index (χ1) is 14.9. The predicted octanol–water partition coefficient (Wildman–Crippen LogP) is 2.87. The highest BCUT2D eigenvalue weighted by atomic mass is 16.5. The van der Waals surface area contributed by atoms with Crippen molar-refractivity contribution in [3.63, 3.8) is 0 Å². The average Bonchev–Trinajstić information content (AvgIpc) is 2.79. The second kappa shape index (κ2) is 12.1. The average molecular weight is 426 g/mol. The minimum absolute atomic E-state index is 0.0279. The van der Waals surface area contributed by atoms with Crippen molar-refractivity contribution in [2.75, 3.05) is 30.0 Å². The molecule has 8 nitrogen and oxygen atoms in total. The minimum atomic E-state index is -1.05. The van der Waals surface area contributed by atoms with E-state index in [9.17, 15) is 19.2 Å². The molecule has 1 N–H and O–H groups in total. The van der Waals surface area contributed by atoms with E-state index in [1.54, 1.807) is 48.5 Å². The lowest BCUT2D eigenvalue weighted by Crippen LogP contribution is -2.41. The third-order valence-electron chi connectivity index (χ3n) is 4.61. The van der Waals surface area contributed by atoms with Crippen LogP contribution in [0.25, 0.3) is 0 Å². The second-order valence-electron chi connectivity index (χ2n) is 6.73. The Hall–Kier alpha value is -3.68. The highest BCUT2D eigenvalue weighted by Gasteiger charge is 2.21. The number of hydrogen-bond donors (Lipinski definition) is 1. The molecule has 0 radical (unpaired) electrons. The number of carboxylic acid groups (broad SMARTS) is 1. The highest BCUT2D eigenvalue weighted by Crippen LogP contribution is 2.19. The molecule has 0 atom stereocenters. The van der Waals surface area contributed by atoms with Crippen LogP contribution >= 0.6 is 0 Å². The zero-order chi connectivity index (χ0) is 22.6. The predicted molar refractivity (Wildman–Crippen MR) is 116 cm³/mol. The summed E-state index contributed by atoms with van der Waals surface area (Å²) in [5, 5.41) is 8.92. The van der Waals surface area contributed by atoms with Gasteiger partial charge in [-0.3, -0.25) is 19.2 Å². The first-order valence-corrected chi connectivity index (χ1v) is 9.91. The third kappa shape index (κ3) is 7.58. The van der Waals surface area contributed by atoms with Crippen molar-refractivity contribution in [1.82, 2.24) is 0 Å². The van der Waals surface area contributed by atoms with Crippen LogP contribution in [-0.2, 0) is 23.9 Å². The van der Waals surface area contributed by atoms with Crippen LogP contribution in [0.15, 0.2) is 60.7 Å². The largest absolute Gasteiger partial charge is 0.481 e.